The van der Waals surface area contributed by atoms with Crippen LogP contribution in [0.5, 0.6) is 0 Å². The number of phosphoric acid groups is 2. The van der Waals surface area contributed by atoms with Crippen LogP contribution in [0.15, 0.2) is 0 Å². The number of aliphatic hydroxyl groups is 1. The number of rotatable bonds is 8. The van der Waals surface area contributed by atoms with E-state index < -0.39 is 46.5 Å². The van der Waals surface area contributed by atoms with Gasteiger partial charge < -0.3 is 24.7 Å². The Morgan fingerprint density at radius 1 is 1.00 bits per heavy atom. The molecule has 0 aliphatic rings. The molecule has 0 radical (unpaired) electrons. The molecule has 0 aromatic rings. The third-order valence-corrected chi connectivity index (χ3v) is 2.29. The minimum absolute atomic E-state index is 1.15. The van der Waals surface area contributed by atoms with Gasteiger partial charge in [0, 0.05) is 0 Å². The van der Waals surface area contributed by atoms with Gasteiger partial charge in [-0.2, -0.15) is 0 Å². The van der Waals surface area contributed by atoms with Crippen LogP contribution in [0.2, 0.25) is 0 Å². The van der Waals surface area contributed by atoms with Crippen LogP contribution in [-0.4, -0.2) is 55.6 Å². The van der Waals surface area contributed by atoms with Gasteiger partial charge in [0.05, 0.1) is 6.61 Å². The molecule has 0 heterocycles. The summed E-state index contributed by atoms with van der Waals surface area (Å²) < 4.78 is 27.9. The largest absolute Gasteiger partial charge is 0.470 e. The summed E-state index contributed by atoms with van der Waals surface area (Å²) in [5.41, 5.74) is 0. The van der Waals surface area contributed by atoms with Crippen molar-refractivity contribution in [1.29, 1.82) is 0 Å². The first-order valence-electron chi connectivity index (χ1n) is 4.07. The highest BCUT2D eigenvalue weighted by Crippen LogP contribution is 2.36. The van der Waals surface area contributed by atoms with E-state index >= 15 is 0 Å². The summed E-state index contributed by atoms with van der Waals surface area (Å²) in [6.07, 6.45) is -2.18. The number of phosphoric ester groups is 2. The van der Waals surface area contributed by atoms with Crippen molar-refractivity contribution in [3.05, 3.63) is 0 Å². The topological polar surface area (TPSA) is 188 Å². The van der Waals surface area contributed by atoms with Crippen LogP contribution in [0.3, 0.4) is 0 Å². The lowest BCUT2D eigenvalue weighted by atomic mass is 10.2. The molecule has 11 nitrogen and oxygen atoms in total. The van der Waals surface area contributed by atoms with Crippen molar-refractivity contribution in [3.8, 4) is 0 Å². The molecule has 13 heteroatoms. The summed E-state index contributed by atoms with van der Waals surface area (Å²) in [5.74, 6) is -3.04. The van der Waals surface area contributed by atoms with Crippen molar-refractivity contribution in [3.63, 3.8) is 0 Å². The Kier molecular flexibility index (Phi) is 6.44. The van der Waals surface area contributed by atoms with Crippen LogP contribution in [0.25, 0.3) is 0 Å². The van der Waals surface area contributed by atoms with Gasteiger partial charge >= 0.3 is 15.6 Å². The zero-order chi connectivity index (χ0) is 14.6. The molecule has 0 saturated heterocycles. The molecule has 0 unspecified atom stereocenters. The van der Waals surface area contributed by atoms with Gasteiger partial charge in [0.2, 0.25) is 11.6 Å². The third kappa shape index (κ3) is 8.59. The van der Waals surface area contributed by atoms with E-state index in [2.05, 4.69) is 9.05 Å². The standard InChI is InChI=1S/C5H10O11P2/c6-3(1-15-17(9,10)11)5(8)4(7)2-16-18(12,13)14/h3,6H,1-2H2,(H2,9,10,11)(H2,12,13,14)/t3-/m1/s1. The van der Waals surface area contributed by atoms with E-state index in [1.54, 1.807) is 0 Å². The number of carbonyl (C=O) groups excluding carboxylic acids is 2. The number of Topliss-reactive ketones (excluding diaryl/α,β-unsaturated/α-hetero) is 2. The fourth-order valence-corrected chi connectivity index (χ4v) is 1.26. The zero-order valence-electron chi connectivity index (χ0n) is 8.57. The Morgan fingerprint density at radius 3 is 1.83 bits per heavy atom. The molecule has 0 bridgehead atoms. The van der Waals surface area contributed by atoms with Crippen LogP contribution in [0.1, 0.15) is 0 Å². The molecular weight excluding hydrogens is 298 g/mol. The average molecular weight is 308 g/mol. The van der Waals surface area contributed by atoms with Gasteiger partial charge in [0.25, 0.3) is 0 Å². The summed E-state index contributed by atoms with van der Waals surface area (Å²) in [5, 5.41) is 8.99. The number of aliphatic hydroxyl groups excluding tert-OH is 1. The van der Waals surface area contributed by atoms with Crippen LogP contribution >= 0.6 is 15.6 Å². The van der Waals surface area contributed by atoms with Crippen LogP contribution in [0.4, 0.5) is 0 Å². The molecule has 18 heavy (non-hydrogen) atoms. The summed E-state index contributed by atoms with van der Waals surface area (Å²) in [7, 11) is -9.85. The quantitative estimate of drug-likeness (QED) is 0.239. The third-order valence-electron chi connectivity index (χ3n) is 1.34. The van der Waals surface area contributed by atoms with Crippen molar-refractivity contribution >= 4 is 27.2 Å². The summed E-state index contributed by atoms with van der Waals surface area (Å²) in [4.78, 5) is 54.9. The number of hydrogen-bond acceptors (Lipinski definition) is 7. The lowest BCUT2D eigenvalue weighted by Crippen LogP contribution is -2.34. The highest BCUT2D eigenvalue weighted by atomic mass is 31.2. The zero-order valence-corrected chi connectivity index (χ0v) is 10.4. The maximum Gasteiger partial charge on any atom is 0.470 e. The smallest absolute Gasteiger partial charge is 0.382 e. The van der Waals surface area contributed by atoms with Gasteiger partial charge in [-0.1, -0.05) is 0 Å². The van der Waals surface area contributed by atoms with Gasteiger partial charge in [-0.15, -0.1) is 0 Å². The fourth-order valence-electron chi connectivity index (χ4n) is 0.643. The lowest BCUT2D eigenvalue weighted by Gasteiger charge is -2.10. The van der Waals surface area contributed by atoms with E-state index in [0.717, 1.165) is 0 Å². The monoisotopic (exact) mass is 308 g/mol. The fraction of sp³-hybridized carbons (Fsp3) is 0.600. The Balaban J connectivity index is 4.26. The highest BCUT2D eigenvalue weighted by molar-refractivity contribution is 7.46. The molecule has 0 spiro atoms. The molecule has 0 amide bonds. The summed E-state index contributed by atoms with van der Waals surface area (Å²) in [6.45, 7) is -2.43. The first-order valence-corrected chi connectivity index (χ1v) is 7.14. The molecule has 0 aliphatic heterocycles. The second-order valence-electron chi connectivity index (χ2n) is 2.85. The van der Waals surface area contributed by atoms with E-state index in [9.17, 15) is 18.7 Å². The number of hydrogen-bond donors (Lipinski definition) is 5. The second-order valence-corrected chi connectivity index (χ2v) is 5.33. The molecule has 0 rings (SSSR count). The minimum atomic E-state index is -4.94. The van der Waals surface area contributed by atoms with E-state index in [0.29, 0.717) is 0 Å². The molecule has 0 fully saturated rings. The summed E-state index contributed by atoms with van der Waals surface area (Å²) in [6, 6.07) is 0. The van der Waals surface area contributed by atoms with E-state index in [4.69, 9.17) is 24.7 Å². The van der Waals surface area contributed by atoms with Crippen LogP contribution in [-0.2, 0) is 27.8 Å². The van der Waals surface area contributed by atoms with Gasteiger partial charge in [0.15, 0.2) is 0 Å². The molecular formula is C5H10O11P2. The van der Waals surface area contributed by atoms with Crippen molar-refractivity contribution in [2.24, 2.45) is 0 Å². The first-order chi connectivity index (χ1) is 7.92. The minimum Gasteiger partial charge on any atom is -0.382 e. The van der Waals surface area contributed by atoms with E-state index in [-0.39, 0.29) is 0 Å². The Hall–Kier alpha value is -0.480. The Morgan fingerprint density at radius 2 is 1.44 bits per heavy atom. The Bertz CT molecular complexity index is 404. The predicted octanol–water partition coefficient (Wildman–Crippen LogP) is -2.30. The molecule has 0 aliphatic carbocycles. The SMILES string of the molecule is O=C(COP(=O)(O)O)C(=O)[C@H](O)COP(=O)(O)O. The second kappa shape index (κ2) is 6.62. The Labute approximate surface area is 99.8 Å². The van der Waals surface area contributed by atoms with Crippen molar-refractivity contribution in [1.82, 2.24) is 0 Å². The van der Waals surface area contributed by atoms with E-state index in [1.165, 1.54) is 0 Å². The summed E-state index contributed by atoms with van der Waals surface area (Å²) >= 11 is 0. The van der Waals surface area contributed by atoms with Crippen molar-refractivity contribution in [2.45, 2.75) is 6.10 Å². The van der Waals surface area contributed by atoms with Gasteiger partial charge in [0.1, 0.15) is 12.7 Å². The first kappa shape index (κ1) is 17.5. The molecule has 1 atom stereocenters. The van der Waals surface area contributed by atoms with Crippen molar-refractivity contribution in [2.75, 3.05) is 13.2 Å². The van der Waals surface area contributed by atoms with Gasteiger partial charge in [-0.25, -0.2) is 9.13 Å². The maximum atomic E-state index is 11.0. The van der Waals surface area contributed by atoms with Crippen molar-refractivity contribution < 1.29 is 52.4 Å². The highest BCUT2D eigenvalue weighted by Gasteiger charge is 2.28. The predicted molar refractivity (Wildman–Crippen MR) is 52.0 cm³/mol. The van der Waals surface area contributed by atoms with E-state index in [1.807, 2.05) is 0 Å². The number of ketones is 2. The number of carbonyl (C=O) groups is 2. The molecule has 0 aromatic heterocycles. The molecule has 0 saturated carbocycles. The maximum absolute atomic E-state index is 11.0. The van der Waals surface area contributed by atoms with Gasteiger partial charge in [-0.05, 0) is 0 Å². The normalized spacial score (nSPS) is 14.3. The average Bonchev–Trinajstić information content (AvgIpc) is 2.19. The lowest BCUT2D eigenvalue weighted by molar-refractivity contribution is -0.143. The molecule has 5 N–H and O–H groups in total. The molecule has 0 aromatic carbocycles. The van der Waals surface area contributed by atoms with Crippen LogP contribution < -0.4 is 0 Å². The van der Waals surface area contributed by atoms with Crippen LogP contribution in [0, 0.1) is 0 Å². The van der Waals surface area contributed by atoms with Gasteiger partial charge in [-0.3, -0.25) is 18.6 Å². The molecule has 106 valence electrons.